The van der Waals surface area contributed by atoms with E-state index in [4.69, 9.17) is 0 Å². The van der Waals surface area contributed by atoms with Crippen LogP contribution in [0.1, 0.15) is 19.8 Å². The van der Waals surface area contributed by atoms with Gasteiger partial charge in [-0.05, 0) is 6.42 Å². The van der Waals surface area contributed by atoms with Crippen molar-refractivity contribution in [2.24, 2.45) is 0 Å². The van der Waals surface area contributed by atoms with E-state index in [2.05, 4.69) is 28.0 Å². The van der Waals surface area contributed by atoms with Gasteiger partial charge in [-0.15, -0.1) is 0 Å². The molecule has 0 spiro atoms. The van der Waals surface area contributed by atoms with Gasteiger partial charge in [0.2, 0.25) is 0 Å². The van der Waals surface area contributed by atoms with Crippen LogP contribution in [0.15, 0.2) is 44.0 Å². The molecule has 0 aliphatic heterocycles. The number of unbranched alkanes of at least 4 members (excludes halogenated alkanes) is 1. The van der Waals surface area contributed by atoms with Gasteiger partial charge in [0, 0.05) is 37.5 Å². The molecule has 2 heterocycles. The van der Waals surface area contributed by atoms with E-state index in [0.717, 1.165) is 6.54 Å². The van der Waals surface area contributed by atoms with E-state index < -0.39 is 0 Å². The van der Waals surface area contributed by atoms with E-state index in [9.17, 15) is 0 Å². The minimum Gasteiger partial charge on any atom is -0.337 e. The van der Waals surface area contributed by atoms with Gasteiger partial charge >= 0.3 is 0 Å². The minimum absolute atomic E-state index is 1.11. The lowest BCUT2D eigenvalue weighted by molar-refractivity contribution is 0.631. The van der Waals surface area contributed by atoms with Crippen LogP contribution in [0.2, 0.25) is 0 Å². The lowest BCUT2D eigenvalue weighted by atomic mass is 10.3. The summed E-state index contributed by atoms with van der Waals surface area (Å²) in [6, 6.07) is 0. The van der Waals surface area contributed by atoms with E-state index in [0.29, 0.717) is 0 Å². The largest absolute Gasteiger partial charge is 0.337 e. The molecule has 0 radical (unpaired) electrons. The van der Waals surface area contributed by atoms with Crippen molar-refractivity contribution in [2.75, 3.05) is 0 Å². The summed E-state index contributed by atoms with van der Waals surface area (Å²) in [5.74, 6) is 0. The highest BCUT2D eigenvalue weighted by Crippen LogP contribution is 1.92. The zero-order valence-corrected chi connectivity index (χ0v) is 9.66. The van der Waals surface area contributed by atoms with E-state index in [1.54, 1.807) is 23.3 Å². The molecule has 16 heavy (non-hydrogen) atoms. The lowest BCUT2D eigenvalue weighted by Crippen LogP contribution is -1.92. The maximum Gasteiger partial charge on any atom is 0.0986 e. The first-order chi connectivity index (χ1) is 7.86. The maximum absolute atomic E-state index is 3.94. The Labute approximate surface area is 96.3 Å². The quantitative estimate of drug-likeness (QED) is 0.791. The number of nitrogens with zero attached hydrogens (tertiary/aromatic N) is 4. The Bertz CT molecular complexity index is 362. The molecule has 0 saturated heterocycles. The first-order valence-corrected chi connectivity index (χ1v) is 5.42. The first-order valence-electron chi connectivity index (χ1n) is 5.42. The average molecular weight is 218 g/mol. The third kappa shape index (κ3) is 4.59. The van der Waals surface area contributed by atoms with Gasteiger partial charge in [-0.1, -0.05) is 19.9 Å². The molecular formula is C12H18N4. The van der Waals surface area contributed by atoms with Crippen molar-refractivity contribution in [3.63, 3.8) is 0 Å². The standard InChI is InChI=1S/C7H12N2.C5H6N2/c1-2-3-5-9-6-4-8-7-9;1-2-7-4-3-6-5-7/h4,6-7H,2-3,5H2,1H3;2-5H,1H2. The SMILES string of the molecule is C=Cn1ccnc1.CCCCn1ccnc1. The Balaban J connectivity index is 0.000000165. The molecule has 0 saturated carbocycles. The molecule has 2 rings (SSSR count). The highest BCUT2D eigenvalue weighted by atomic mass is 15.0. The van der Waals surface area contributed by atoms with Crippen LogP contribution in [-0.4, -0.2) is 19.1 Å². The highest BCUT2D eigenvalue weighted by Gasteiger charge is 1.85. The van der Waals surface area contributed by atoms with Crippen molar-refractivity contribution in [3.8, 4) is 0 Å². The van der Waals surface area contributed by atoms with Crippen molar-refractivity contribution in [1.29, 1.82) is 0 Å². The fraction of sp³-hybridized carbons (Fsp3) is 0.333. The zero-order valence-electron chi connectivity index (χ0n) is 9.66. The Kier molecular flexibility index (Phi) is 5.70. The van der Waals surface area contributed by atoms with Crippen LogP contribution in [0.4, 0.5) is 0 Å². The molecule has 0 N–H and O–H groups in total. The number of aryl methyl sites for hydroxylation is 1. The Morgan fingerprint density at radius 2 is 1.94 bits per heavy atom. The molecular weight excluding hydrogens is 200 g/mol. The molecule has 0 aliphatic rings. The number of imidazole rings is 2. The predicted molar refractivity (Wildman–Crippen MR) is 65.7 cm³/mol. The lowest BCUT2D eigenvalue weighted by Gasteiger charge is -1.96. The Hall–Kier alpha value is -1.84. The number of hydrogen-bond acceptors (Lipinski definition) is 2. The van der Waals surface area contributed by atoms with Crippen LogP contribution in [0.3, 0.4) is 0 Å². The molecule has 2 aromatic heterocycles. The van der Waals surface area contributed by atoms with Crippen molar-refractivity contribution in [2.45, 2.75) is 26.3 Å². The molecule has 86 valence electrons. The second-order valence-corrected chi connectivity index (χ2v) is 3.35. The summed E-state index contributed by atoms with van der Waals surface area (Å²) in [6.07, 6.45) is 15.1. The summed E-state index contributed by atoms with van der Waals surface area (Å²) in [6.45, 7) is 6.83. The monoisotopic (exact) mass is 218 g/mol. The van der Waals surface area contributed by atoms with Crippen LogP contribution >= 0.6 is 0 Å². The second kappa shape index (κ2) is 7.45. The Morgan fingerprint density at radius 1 is 1.19 bits per heavy atom. The molecule has 0 aromatic carbocycles. The van der Waals surface area contributed by atoms with Crippen molar-refractivity contribution in [3.05, 3.63) is 44.0 Å². The molecule has 0 fully saturated rings. The van der Waals surface area contributed by atoms with Crippen molar-refractivity contribution in [1.82, 2.24) is 19.1 Å². The van der Waals surface area contributed by atoms with Gasteiger partial charge in [0.1, 0.15) is 0 Å². The van der Waals surface area contributed by atoms with E-state index >= 15 is 0 Å². The molecule has 0 aliphatic carbocycles. The summed E-state index contributed by atoms with van der Waals surface area (Å²) in [5, 5.41) is 0. The predicted octanol–water partition coefficient (Wildman–Crippen LogP) is 2.67. The average Bonchev–Trinajstić information content (AvgIpc) is 3.00. The van der Waals surface area contributed by atoms with E-state index in [-0.39, 0.29) is 0 Å². The third-order valence-electron chi connectivity index (χ3n) is 2.06. The van der Waals surface area contributed by atoms with E-state index in [1.807, 2.05) is 24.9 Å². The van der Waals surface area contributed by atoms with Crippen molar-refractivity contribution >= 4 is 6.20 Å². The third-order valence-corrected chi connectivity index (χ3v) is 2.06. The number of rotatable bonds is 4. The normalized spacial score (nSPS) is 9.31. The topological polar surface area (TPSA) is 35.6 Å². The van der Waals surface area contributed by atoms with Gasteiger partial charge < -0.3 is 9.13 Å². The Morgan fingerprint density at radius 3 is 2.38 bits per heavy atom. The summed E-state index contributed by atoms with van der Waals surface area (Å²) in [7, 11) is 0. The fourth-order valence-corrected chi connectivity index (χ4v) is 1.14. The summed E-state index contributed by atoms with van der Waals surface area (Å²) in [4.78, 5) is 7.72. The molecule has 2 aromatic rings. The summed E-state index contributed by atoms with van der Waals surface area (Å²) >= 11 is 0. The van der Waals surface area contributed by atoms with Gasteiger partial charge in [0.25, 0.3) is 0 Å². The zero-order chi connectivity index (χ0) is 11.6. The highest BCUT2D eigenvalue weighted by molar-refractivity contribution is 5.14. The first kappa shape index (κ1) is 12.2. The number of hydrogen-bond donors (Lipinski definition) is 0. The molecule has 0 unspecified atom stereocenters. The van der Waals surface area contributed by atoms with Crippen LogP contribution in [0.5, 0.6) is 0 Å². The number of aromatic nitrogens is 4. The fourth-order valence-electron chi connectivity index (χ4n) is 1.14. The van der Waals surface area contributed by atoms with Crippen LogP contribution in [-0.2, 0) is 6.54 Å². The summed E-state index contributed by atoms with van der Waals surface area (Å²) in [5.41, 5.74) is 0. The van der Waals surface area contributed by atoms with Crippen LogP contribution in [0.25, 0.3) is 6.20 Å². The molecule has 0 atom stereocenters. The van der Waals surface area contributed by atoms with Gasteiger partial charge in [-0.2, -0.15) is 0 Å². The maximum atomic E-state index is 3.94. The molecule has 0 bridgehead atoms. The molecule has 0 amide bonds. The van der Waals surface area contributed by atoms with Gasteiger partial charge in [-0.25, -0.2) is 9.97 Å². The summed E-state index contributed by atoms with van der Waals surface area (Å²) < 4.78 is 3.88. The van der Waals surface area contributed by atoms with E-state index in [1.165, 1.54) is 12.8 Å². The second-order valence-electron chi connectivity index (χ2n) is 3.35. The minimum atomic E-state index is 1.11. The van der Waals surface area contributed by atoms with Gasteiger partial charge in [0.15, 0.2) is 0 Å². The molecule has 4 nitrogen and oxygen atoms in total. The smallest absolute Gasteiger partial charge is 0.0986 e. The van der Waals surface area contributed by atoms with Crippen LogP contribution < -0.4 is 0 Å². The molecule has 4 heteroatoms. The van der Waals surface area contributed by atoms with Crippen molar-refractivity contribution < 1.29 is 0 Å². The van der Waals surface area contributed by atoms with Gasteiger partial charge in [-0.3, -0.25) is 0 Å². The van der Waals surface area contributed by atoms with Gasteiger partial charge in [0.05, 0.1) is 12.7 Å². The van der Waals surface area contributed by atoms with Crippen LogP contribution in [0, 0.1) is 0 Å².